The van der Waals surface area contributed by atoms with Crippen LogP contribution in [0.1, 0.15) is 36.8 Å². The van der Waals surface area contributed by atoms with Gasteiger partial charge in [-0.05, 0) is 18.6 Å². The molecule has 0 saturated carbocycles. The number of carbonyl (C=O) groups excluding carboxylic acids is 1. The molecule has 0 bridgehead atoms. The zero-order valence-corrected chi connectivity index (χ0v) is 10.8. The maximum Gasteiger partial charge on any atom is 0.356 e. The number of rotatable bonds is 1. The molecular formula is C12H16N2O4. The Morgan fingerprint density at radius 2 is 1.83 bits per heavy atom. The SMILES string of the molecule is Cc1ccc(=NC(=O)C(C)(C)C)n(O)c1C(=O)O. The summed E-state index contributed by atoms with van der Waals surface area (Å²) in [5.74, 6) is -1.72. The van der Waals surface area contributed by atoms with E-state index >= 15 is 0 Å². The van der Waals surface area contributed by atoms with E-state index in [2.05, 4.69) is 4.99 Å². The van der Waals surface area contributed by atoms with Gasteiger partial charge in [0.25, 0.3) is 5.91 Å². The van der Waals surface area contributed by atoms with Gasteiger partial charge < -0.3 is 10.3 Å². The standard InChI is InChI=1S/C12H16N2O4/c1-7-5-6-8(13-11(17)12(2,3)4)14(18)9(7)10(15)16/h5-6,18H,1-4H3,(H,15,16). The molecule has 1 aromatic rings. The van der Waals surface area contributed by atoms with Gasteiger partial charge in [0.15, 0.2) is 11.2 Å². The molecule has 1 amide bonds. The number of nitrogens with zero attached hydrogens (tertiary/aromatic N) is 2. The van der Waals surface area contributed by atoms with Gasteiger partial charge in [0.05, 0.1) is 0 Å². The van der Waals surface area contributed by atoms with Gasteiger partial charge in [0, 0.05) is 5.41 Å². The minimum atomic E-state index is -1.28. The van der Waals surface area contributed by atoms with E-state index in [-0.39, 0.29) is 11.2 Å². The molecule has 2 N–H and O–H groups in total. The second-order valence-corrected chi connectivity index (χ2v) is 5.01. The third-order valence-electron chi connectivity index (χ3n) is 2.35. The summed E-state index contributed by atoms with van der Waals surface area (Å²) in [6, 6.07) is 2.89. The molecule has 1 aromatic heterocycles. The van der Waals surface area contributed by atoms with Gasteiger partial charge in [-0.25, -0.2) is 4.79 Å². The number of hydrogen-bond donors (Lipinski definition) is 2. The molecule has 1 heterocycles. The maximum atomic E-state index is 11.7. The van der Waals surface area contributed by atoms with Crippen LogP contribution in [-0.4, -0.2) is 26.9 Å². The fraction of sp³-hybridized carbons (Fsp3) is 0.417. The van der Waals surface area contributed by atoms with Gasteiger partial charge in [0.2, 0.25) is 0 Å². The molecule has 0 spiro atoms. The lowest BCUT2D eigenvalue weighted by molar-refractivity contribution is -0.125. The minimum absolute atomic E-state index is 0.0991. The first kappa shape index (κ1) is 14.0. The van der Waals surface area contributed by atoms with Crippen LogP contribution < -0.4 is 5.49 Å². The van der Waals surface area contributed by atoms with Crippen molar-refractivity contribution in [2.45, 2.75) is 27.7 Å². The summed E-state index contributed by atoms with van der Waals surface area (Å²) in [5.41, 5.74) is -0.718. The van der Waals surface area contributed by atoms with Gasteiger partial charge in [-0.2, -0.15) is 9.72 Å². The van der Waals surface area contributed by atoms with Crippen LogP contribution in [0.4, 0.5) is 0 Å². The van der Waals surface area contributed by atoms with Crippen molar-refractivity contribution in [1.82, 2.24) is 4.73 Å². The Morgan fingerprint density at radius 3 is 2.28 bits per heavy atom. The third kappa shape index (κ3) is 2.77. The number of hydrogen-bond acceptors (Lipinski definition) is 3. The van der Waals surface area contributed by atoms with E-state index in [0.717, 1.165) is 0 Å². The van der Waals surface area contributed by atoms with Crippen molar-refractivity contribution in [3.63, 3.8) is 0 Å². The lowest BCUT2D eigenvalue weighted by Gasteiger charge is -2.12. The lowest BCUT2D eigenvalue weighted by atomic mass is 9.96. The van der Waals surface area contributed by atoms with Crippen LogP contribution in [-0.2, 0) is 4.79 Å². The summed E-state index contributed by atoms with van der Waals surface area (Å²) < 4.78 is 0.418. The highest BCUT2D eigenvalue weighted by Gasteiger charge is 2.21. The highest BCUT2D eigenvalue weighted by molar-refractivity contribution is 5.87. The van der Waals surface area contributed by atoms with Gasteiger partial charge >= 0.3 is 5.97 Å². The summed E-state index contributed by atoms with van der Waals surface area (Å²) in [5, 5.41) is 18.7. The van der Waals surface area contributed by atoms with Crippen molar-refractivity contribution in [1.29, 1.82) is 0 Å². The zero-order valence-electron chi connectivity index (χ0n) is 10.8. The summed E-state index contributed by atoms with van der Waals surface area (Å²) in [6.07, 6.45) is 0. The Morgan fingerprint density at radius 1 is 1.28 bits per heavy atom. The van der Waals surface area contributed by atoms with Crippen LogP contribution >= 0.6 is 0 Å². The molecule has 0 fully saturated rings. The van der Waals surface area contributed by atoms with Gasteiger partial charge in [0.1, 0.15) is 0 Å². The molecule has 18 heavy (non-hydrogen) atoms. The van der Waals surface area contributed by atoms with Gasteiger partial charge in [-0.15, -0.1) is 0 Å². The fourth-order valence-corrected chi connectivity index (χ4v) is 1.25. The lowest BCUT2D eigenvalue weighted by Crippen LogP contribution is -2.29. The topological polar surface area (TPSA) is 91.9 Å². The van der Waals surface area contributed by atoms with Gasteiger partial charge in [-0.1, -0.05) is 26.8 Å². The summed E-state index contributed by atoms with van der Waals surface area (Å²) in [7, 11) is 0. The van der Waals surface area contributed by atoms with Crippen LogP contribution in [0, 0.1) is 12.3 Å². The van der Waals surface area contributed by atoms with E-state index in [0.29, 0.717) is 10.3 Å². The van der Waals surface area contributed by atoms with E-state index in [9.17, 15) is 14.8 Å². The zero-order chi connectivity index (χ0) is 14.1. The molecule has 6 heteroatoms. The number of carboxylic acids is 1. The van der Waals surface area contributed by atoms with Crippen molar-refractivity contribution in [2.75, 3.05) is 0 Å². The van der Waals surface area contributed by atoms with Crippen molar-refractivity contribution in [3.05, 3.63) is 28.9 Å². The van der Waals surface area contributed by atoms with Crippen molar-refractivity contribution in [2.24, 2.45) is 10.4 Å². The minimum Gasteiger partial charge on any atom is -0.476 e. The number of aromatic nitrogens is 1. The molecule has 0 unspecified atom stereocenters. The van der Waals surface area contributed by atoms with Crippen LogP contribution in [0.15, 0.2) is 17.1 Å². The van der Waals surface area contributed by atoms with Gasteiger partial charge in [-0.3, -0.25) is 4.79 Å². The highest BCUT2D eigenvalue weighted by atomic mass is 16.5. The molecular weight excluding hydrogens is 236 g/mol. The second kappa shape index (κ2) is 4.64. The number of amides is 1. The molecule has 0 aromatic carbocycles. The normalized spacial score (nSPS) is 12.6. The average molecular weight is 252 g/mol. The Kier molecular flexibility index (Phi) is 3.59. The fourth-order valence-electron chi connectivity index (χ4n) is 1.25. The summed E-state index contributed by atoms with van der Waals surface area (Å²) >= 11 is 0. The maximum absolute atomic E-state index is 11.7. The smallest absolute Gasteiger partial charge is 0.356 e. The Hall–Kier alpha value is -2.11. The molecule has 1 rings (SSSR count). The molecule has 6 nitrogen and oxygen atoms in total. The highest BCUT2D eigenvalue weighted by Crippen LogP contribution is 2.14. The predicted octanol–water partition coefficient (Wildman–Crippen LogP) is 1.21. The summed E-state index contributed by atoms with van der Waals surface area (Å²) in [4.78, 5) is 26.4. The number of carboxylic acid groups (broad SMARTS) is 1. The molecule has 0 aliphatic heterocycles. The Labute approximate surface area is 104 Å². The van der Waals surface area contributed by atoms with E-state index in [4.69, 9.17) is 5.11 Å². The number of pyridine rings is 1. The first-order chi connectivity index (χ1) is 8.14. The van der Waals surface area contributed by atoms with E-state index in [1.807, 2.05) is 0 Å². The van der Waals surface area contributed by atoms with Crippen LogP contribution in [0.2, 0.25) is 0 Å². The largest absolute Gasteiger partial charge is 0.476 e. The van der Waals surface area contributed by atoms with E-state index < -0.39 is 17.3 Å². The quantitative estimate of drug-likeness (QED) is 0.735. The average Bonchev–Trinajstić information content (AvgIpc) is 2.20. The molecule has 0 aliphatic carbocycles. The van der Waals surface area contributed by atoms with Crippen LogP contribution in [0.25, 0.3) is 0 Å². The second-order valence-electron chi connectivity index (χ2n) is 5.01. The molecule has 0 atom stereocenters. The van der Waals surface area contributed by atoms with E-state index in [1.165, 1.54) is 12.1 Å². The summed E-state index contributed by atoms with van der Waals surface area (Å²) in [6.45, 7) is 6.61. The van der Waals surface area contributed by atoms with Crippen molar-refractivity contribution in [3.8, 4) is 0 Å². The molecule has 0 radical (unpaired) electrons. The third-order valence-corrected chi connectivity index (χ3v) is 2.35. The van der Waals surface area contributed by atoms with Crippen LogP contribution in [0.5, 0.6) is 0 Å². The Balaban J connectivity index is 3.46. The van der Waals surface area contributed by atoms with E-state index in [1.54, 1.807) is 27.7 Å². The first-order valence-corrected chi connectivity index (χ1v) is 5.39. The predicted molar refractivity (Wildman–Crippen MR) is 63.3 cm³/mol. The monoisotopic (exact) mass is 252 g/mol. The molecule has 0 saturated heterocycles. The van der Waals surface area contributed by atoms with Crippen molar-refractivity contribution < 1.29 is 19.9 Å². The Bertz CT molecular complexity index is 564. The molecule has 98 valence electrons. The number of aryl methyl sites for hydroxylation is 1. The molecule has 0 aliphatic rings. The first-order valence-electron chi connectivity index (χ1n) is 5.39. The number of carbonyl (C=O) groups is 2. The van der Waals surface area contributed by atoms with Crippen molar-refractivity contribution >= 4 is 11.9 Å². The van der Waals surface area contributed by atoms with Crippen LogP contribution in [0.3, 0.4) is 0 Å². The number of aromatic carboxylic acids is 1.